The molecule has 0 bridgehead atoms. The highest BCUT2D eigenvalue weighted by Gasteiger charge is 2.23. The van der Waals surface area contributed by atoms with Gasteiger partial charge in [-0.2, -0.15) is 0 Å². The van der Waals surface area contributed by atoms with Gasteiger partial charge in [0.25, 0.3) is 0 Å². The summed E-state index contributed by atoms with van der Waals surface area (Å²) in [5.41, 5.74) is 0. The first-order valence-electron chi connectivity index (χ1n) is 7.98. The van der Waals surface area contributed by atoms with E-state index in [-0.39, 0.29) is 18.2 Å². The lowest BCUT2D eigenvalue weighted by atomic mass is 9.95. The summed E-state index contributed by atoms with van der Waals surface area (Å²) in [7, 11) is 0. The van der Waals surface area contributed by atoms with Crippen LogP contribution in [0.25, 0.3) is 0 Å². The zero-order valence-corrected chi connectivity index (χ0v) is 12.6. The second-order valence-corrected chi connectivity index (χ2v) is 5.89. The Balaban J connectivity index is 1.69. The van der Waals surface area contributed by atoms with E-state index in [0.29, 0.717) is 6.04 Å². The van der Waals surface area contributed by atoms with Gasteiger partial charge in [0.05, 0.1) is 0 Å². The number of piperazine rings is 1. The van der Waals surface area contributed by atoms with E-state index < -0.39 is 0 Å². The van der Waals surface area contributed by atoms with Gasteiger partial charge in [-0.05, 0) is 19.4 Å². The smallest absolute Gasteiger partial charge is 0.232 e. The summed E-state index contributed by atoms with van der Waals surface area (Å²) in [4.78, 5) is 28.2. The normalized spacial score (nSPS) is 21.8. The number of carbonyl (C=O) groups excluding carboxylic acids is 2. The molecule has 5 heteroatoms. The molecule has 1 saturated heterocycles. The van der Waals surface area contributed by atoms with E-state index in [0.717, 1.165) is 45.6 Å². The van der Waals surface area contributed by atoms with Crippen molar-refractivity contribution < 1.29 is 9.59 Å². The summed E-state index contributed by atoms with van der Waals surface area (Å²) < 4.78 is 0. The summed E-state index contributed by atoms with van der Waals surface area (Å²) in [5.74, 6) is -0.117. The number of likely N-dealkylation sites (N-methyl/N-ethyl adjacent to an activating group) is 1. The molecule has 1 aliphatic carbocycles. The molecule has 1 saturated carbocycles. The highest BCUT2D eigenvalue weighted by molar-refractivity contribution is 5.97. The first kappa shape index (κ1) is 15.3. The summed E-state index contributed by atoms with van der Waals surface area (Å²) in [6, 6.07) is 0.293. The van der Waals surface area contributed by atoms with Crippen LogP contribution in [0.3, 0.4) is 0 Å². The number of amides is 2. The van der Waals surface area contributed by atoms with Gasteiger partial charge in [-0.3, -0.25) is 9.59 Å². The Bertz CT molecular complexity index is 332. The van der Waals surface area contributed by atoms with E-state index in [1.54, 1.807) is 0 Å². The molecule has 0 aromatic carbocycles. The largest absolute Gasteiger partial charge is 0.353 e. The van der Waals surface area contributed by atoms with Gasteiger partial charge in [-0.25, -0.2) is 0 Å². The Labute approximate surface area is 121 Å². The van der Waals surface area contributed by atoms with E-state index in [4.69, 9.17) is 0 Å². The van der Waals surface area contributed by atoms with E-state index in [2.05, 4.69) is 17.1 Å². The average molecular weight is 281 g/mol. The summed E-state index contributed by atoms with van der Waals surface area (Å²) in [5, 5.41) is 3.01. The number of carbonyl (C=O) groups is 2. The molecule has 0 spiro atoms. The van der Waals surface area contributed by atoms with Crippen LogP contribution in [0.15, 0.2) is 0 Å². The first-order valence-corrected chi connectivity index (χ1v) is 7.98. The van der Waals surface area contributed by atoms with Crippen LogP contribution in [0, 0.1) is 0 Å². The van der Waals surface area contributed by atoms with Gasteiger partial charge in [0, 0.05) is 32.2 Å². The first-order chi connectivity index (χ1) is 9.69. The molecular formula is C15H27N3O2. The van der Waals surface area contributed by atoms with Gasteiger partial charge in [-0.1, -0.05) is 26.2 Å². The molecule has 0 aromatic heterocycles. The Morgan fingerprint density at radius 2 is 1.70 bits per heavy atom. The van der Waals surface area contributed by atoms with Gasteiger partial charge in [0.1, 0.15) is 6.42 Å². The molecule has 1 N–H and O–H groups in total. The molecule has 114 valence electrons. The molecule has 20 heavy (non-hydrogen) atoms. The molecular weight excluding hydrogens is 254 g/mol. The fourth-order valence-corrected chi connectivity index (χ4v) is 3.09. The fourth-order valence-electron chi connectivity index (χ4n) is 3.09. The minimum atomic E-state index is -0.0974. The van der Waals surface area contributed by atoms with Gasteiger partial charge in [0.15, 0.2) is 0 Å². The Morgan fingerprint density at radius 1 is 1.05 bits per heavy atom. The lowest BCUT2D eigenvalue weighted by Gasteiger charge is -2.34. The summed E-state index contributed by atoms with van der Waals surface area (Å²) >= 11 is 0. The minimum Gasteiger partial charge on any atom is -0.353 e. The standard InChI is InChI=1S/C15H27N3O2/c1-2-17-8-10-18(11-9-17)15(20)12-14(19)16-13-6-4-3-5-7-13/h13H,2-12H2,1H3,(H,16,19). The summed E-state index contributed by atoms with van der Waals surface area (Å²) in [6.07, 6.45) is 5.80. The van der Waals surface area contributed by atoms with Crippen molar-refractivity contribution in [3.8, 4) is 0 Å². The molecule has 0 aromatic rings. The van der Waals surface area contributed by atoms with Crippen LogP contribution < -0.4 is 5.32 Å². The van der Waals surface area contributed by atoms with Gasteiger partial charge in [0.2, 0.25) is 11.8 Å². The SMILES string of the molecule is CCN1CCN(C(=O)CC(=O)NC2CCCCC2)CC1. The zero-order chi connectivity index (χ0) is 14.4. The van der Waals surface area contributed by atoms with E-state index in [1.165, 1.54) is 19.3 Å². The highest BCUT2D eigenvalue weighted by atomic mass is 16.2. The molecule has 0 radical (unpaired) electrons. The van der Waals surface area contributed by atoms with Crippen molar-refractivity contribution in [1.29, 1.82) is 0 Å². The Kier molecular flexibility index (Phi) is 5.83. The summed E-state index contributed by atoms with van der Waals surface area (Å²) in [6.45, 7) is 6.52. The maximum atomic E-state index is 12.1. The van der Waals surface area contributed by atoms with Crippen LogP contribution in [-0.4, -0.2) is 60.4 Å². The quantitative estimate of drug-likeness (QED) is 0.782. The second-order valence-electron chi connectivity index (χ2n) is 5.89. The van der Waals surface area contributed by atoms with E-state index in [1.807, 2.05) is 4.90 Å². The molecule has 2 rings (SSSR count). The molecule has 1 heterocycles. The van der Waals surface area contributed by atoms with E-state index in [9.17, 15) is 9.59 Å². The van der Waals surface area contributed by atoms with Crippen molar-refractivity contribution in [2.24, 2.45) is 0 Å². The van der Waals surface area contributed by atoms with Crippen LogP contribution in [0.2, 0.25) is 0 Å². The van der Waals surface area contributed by atoms with Crippen LogP contribution in [-0.2, 0) is 9.59 Å². The number of rotatable bonds is 4. The van der Waals surface area contributed by atoms with Crippen molar-refractivity contribution >= 4 is 11.8 Å². The predicted octanol–water partition coefficient (Wildman–Crippen LogP) is 0.989. The minimum absolute atomic E-state index is 0.0165. The molecule has 1 aliphatic heterocycles. The third-order valence-electron chi connectivity index (χ3n) is 4.45. The molecule has 2 amide bonds. The predicted molar refractivity (Wildman–Crippen MR) is 78.3 cm³/mol. The van der Waals surface area contributed by atoms with Gasteiger partial charge >= 0.3 is 0 Å². The molecule has 2 fully saturated rings. The number of nitrogens with one attached hydrogen (secondary N) is 1. The van der Waals surface area contributed by atoms with Crippen LogP contribution in [0.5, 0.6) is 0 Å². The number of hydrogen-bond acceptors (Lipinski definition) is 3. The topological polar surface area (TPSA) is 52.7 Å². The third kappa shape index (κ3) is 4.47. The van der Waals surface area contributed by atoms with Crippen molar-refractivity contribution in [3.05, 3.63) is 0 Å². The number of hydrogen-bond donors (Lipinski definition) is 1. The Hall–Kier alpha value is -1.10. The highest BCUT2D eigenvalue weighted by Crippen LogP contribution is 2.17. The van der Waals surface area contributed by atoms with Crippen molar-refractivity contribution in [3.63, 3.8) is 0 Å². The lowest BCUT2D eigenvalue weighted by molar-refractivity contribution is -0.137. The van der Waals surface area contributed by atoms with Gasteiger partial charge < -0.3 is 15.1 Å². The number of nitrogens with zero attached hydrogens (tertiary/aromatic N) is 2. The average Bonchev–Trinajstić information content (AvgIpc) is 2.48. The van der Waals surface area contributed by atoms with Crippen molar-refractivity contribution in [2.45, 2.75) is 51.5 Å². The molecule has 0 unspecified atom stereocenters. The second kappa shape index (κ2) is 7.62. The van der Waals surface area contributed by atoms with Crippen LogP contribution >= 0.6 is 0 Å². The van der Waals surface area contributed by atoms with Crippen LogP contribution in [0.4, 0.5) is 0 Å². The fraction of sp³-hybridized carbons (Fsp3) is 0.867. The Morgan fingerprint density at radius 3 is 2.30 bits per heavy atom. The monoisotopic (exact) mass is 281 g/mol. The van der Waals surface area contributed by atoms with Crippen LogP contribution in [0.1, 0.15) is 45.4 Å². The zero-order valence-electron chi connectivity index (χ0n) is 12.6. The van der Waals surface area contributed by atoms with Gasteiger partial charge in [-0.15, -0.1) is 0 Å². The molecule has 2 aliphatic rings. The van der Waals surface area contributed by atoms with Crippen molar-refractivity contribution in [2.75, 3.05) is 32.7 Å². The maximum absolute atomic E-state index is 12.1. The lowest BCUT2D eigenvalue weighted by Crippen LogP contribution is -2.49. The molecule has 0 atom stereocenters. The third-order valence-corrected chi connectivity index (χ3v) is 4.45. The molecule has 5 nitrogen and oxygen atoms in total. The van der Waals surface area contributed by atoms with E-state index >= 15 is 0 Å². The maximum Gasteiger partial charge on any atom is 0.232 e. The van der Waals surface area contributed by atoms with Crippen molar-refractivity contribution in [1.82, 2.24) is 15.1 Å².